The average molecular weight is 421 g/mol. The minimum Gasteiger partial charge on any atom is -0.342 e. The van der Waals surface area contributed by atoms with Crippen molar-refractivity contribution in [1.82, 2.24) is 19.8 Å². The Morgan fingerprint density at radius 3 is 2.58 bits per heavy atom. The van der Waals surface area contributed by atoms with E-state index in [0.29, 0.717) is 36.5 Å². The summed E-state index contributed by atoms with van der Waals surface area (Å²) in [6, 6.07) is 7.51. The number of nitrogens with zero attached hydrogens (tertiary/aromatic N) is 3. The number of aromatic amines is 1. The Kier molecular flexibility index (Phi) is 5.12. The van der Waals surface area contributed by atoms with E-state index in [9.17, 15) is 14.4 Å². The number of hydrogen-bond acceptors (Lipinski definition) is 4. The predicted octanol–water partition coefficient (Wildman–Crippen LogP) is 2.39. The van der Waals surface area contributed by atoms with Gasteiger partial charge in [-0.1, -0.05) is 17.7 Å². The topological polar surface area (TPSA) is 86.4 Å². The molecule has 2 aliphatic heterocycles. The first kappa shape index (κ1) is 20.0. The molecule has 0 radical (unpaired) electrons. The third-order valence-corrected chi connectivity index (χ3v) is 6.72. The van der Waals surface area contributed by atoms with Crippen LogP contribution in [0.3, 0.4) is 0 Å². The Balaban J connectivity index is 1.33. The zero-order chi connectivity index (χ0) is 21.5. The molecule has 3 aliphatic rings. The Morgan fingerprint density at radius 2 is 1.84 bits per heavy atom. The van der Waals surface area contributed by atoms with E-state index in [4.69, 9.17) is 4.98 Å². The van der Waals surface area contributed by atoms with Gasteiger partial charge in [0.25, 0.3) is 11.5 Å². The Bertz CT molecular complexity index is 1070. The SMILES string of the molecule is Cc1ccc(C(=O)N2CCc3nc([C@@H]4CCCN(C(=O)C5CC5)C4)[nH]c(=O)c3C2)cc1. The lowest BCUT2D eigenvalue weighted by Crippen LogP contribution is -2.42. The number of nitrogens with one attached hydrogen (secondary N) is 1. The van der Waals surface area contributed by atoms with Gasteiger partial charge in [-0.25, -0.2) is 4.98 Å². The molecule has 2 aromatic rings. The highest BCUT2D eigenvalue weighted by molar-refractivity contribution is 5.94. The second-order valence-corrected chi connectivity index (χ2v) is 9.12. The van der Waals surface area contributed by atoms with Crippen molar-refractivity contribution >= 4 is 11.8 Å². The first-order valence-corrected chi connectivity index (χ1v) is 11.3. The van der Waals surface area contributed by atoms with E-state index in [2.05, 4.69) is 4.98 Å². The molecule has 1 aromatic carbocycles. The molecule has 5 rings (SSSR count). The maximum atomic E-state index is 12.9. The van der Waals surface area contributed by atoms with Crippen LogP contribution in [-0.2, 0) is 17.8 Å². The van der Waals surface area contributed by atoms with E-state index in [-0.39, 0.29) is 35.8 Å². The average Bonchev–Trinajstić information content (AvgIpc) is 3.64. The van der Waals surface area contributed by atoms with Crippen LogP contribution in [-0.4, -0.2) is 51.2 Å². The highest BCUT2D eigenvalue weighted by Crippen LogP contribution is 2.34. The molecule has 0 unspecified atom stereocenters. The summed E-state index contributed by atoms with van der Waals surface area (Å²) in [6.45, 7) is 4.25. The number of amides is 2. The van der Waals surface area contributed by atoms with Crippen LogP contribution in [0.5, 0.6) is 0 Å². The van der Waals surface area contributed by atoms with Gasteiger partial charge in [0, 0.05) is 43.5 Å². The van der Waals surface area contributed by atoms with Crippen molar-refractivity contribution in [2.24, 2.45) is 5.92 Å². The van der Waals surface area contributed by atoms with Crippen LogP contribution in [0.2, 0.25) is 0 Å². The van der Waals surface area contributed by atoms with Crippen molar-refractivity contribution in [2.45, 2.75) is 51.5 Å². The second kappa shape index (κ2) is 7.94. The van der Waals surface area contributed by atoms with Gasteiger partial charge in [0.15, 0.2) is 0 Å². The molecule has 1 aliphatic carbocycles. The largest absolute Gasteiger partial charge is 0.342 e. The summed E-state index contributed by atoms with van der Waals surface area (Å²) in [4.78, 5) is 49.7. The van der Waals surface area contributed by atoms with Gasteiger partial charge in [0.1, 0.15) is 5.82 Å². The number of fused-ring (bicyclic) bond motifs is 1. The number of hydrogen-bond donors (Lipinski definition) is 1. The lowest BCUT2D eigenvalue weighted by molar-refractivity contribution is -0.133. The molecular weight excluding hydrogens is 392 g/mol. The van der Waals surface area contributed by atoms with E-state index < -0.39 is 0 Å². The van der Waals surface area contributed by atoms with Gasteiger partial charge in [-0.05, 0) is 44.7 Å². The quantitative estimate of drug-likeness (QED) is 0.826. The Morgan fingerprint density at radius 1 is 1.06 bits per heavy atom. The maximum absolute atomic E-state index is 12.9. The highest BCUT2D eigenvalue weighted by Gasteiger charge is 2.36. The van der Waals surface area contributed by atoms with Crippen molar-refractivity contribution in [2.75, 3.05) is 19.6 Å². The summed E-state index contributed by atoms with van der Waals surface area (Å²) >= 11 is 0. The van der Waals surface area contributed by atoms with Crippen molar-refractivity contribution in [1.29, 1.82) is 0 Å². The molecule has 7 nitrogen and oxygen atoms in total. The molecule has 3 heterocycles. The summed E-state index contributed by atoms with van der Waals surface area (Å²) in [7, 11) is 0. The molecule has 31 heavy (non-hydrogen) atoms. The summed E-state index contributed by atoms with van der Waals surface area (Å²) < 4.78 is 0. The number of H-pyrrole nitrogens is 1. The highest BCUT2D eigenvalue weighted by atomic mass is 16.2. The summed E-state index contributed by atoms with van der Waals surface area (Å²) in [5, 5.41) is 0. The minimum atomic E-state index is -0.160. The zero-order valence-electron chi connectivity index (χ0n) is 17.9. The van der Waals surface area contributed by atoms with Gasteiger partial charge in [0.05, 0.1) is 17.8 Å². The molecule has 1 aromatic heterocycles. The second-order valence-electron chi connectivity index (χ2n) is 9.12. The number of likely N-dealkylation sites (tertiary alicyclic amines) is 1. The normalized spacial score (nSPS) is 21.0. The van der Waals surface area contributed by atoms with Crippen LogP contribution in [0, 0.1) is 12.8 Å². The fourth-order valence-corrected chi connectivity index (χ4v) is 4.68. The van der Waals surface area contributed by atoms with E-state index in [1.54, 1.807) is 4.90 Å². The van der Waals surface area contributed by atoms with Gasteiger partial charge in [-0.15, -0.1) is 0 Å². The van der Waals surface area contributed by atoms with E-state index in [0.717, 1.165) is 43.5 Å². The fourth-order valence-electron chi connectivity index (χ4n) is 4.68. The molecule has 2 amide bonds. The zero-order valence-corrected chi connectivity index (χ0v) is 17.9. The van der Waals surface area contributed by atoms with Crippen molar-refractivity contribution in [3.8, 4) is 0 Å². The molecule has 7 heteroatoms. The Labute approximate surface area is 181 Å². The first-order valence-electron chi connectivity index (χ1n) is 11.3. The van der Waals surface area contributed by atoms with Crippen LogP contribution in [0.4, 0.5) is 0 Å². The van der Waals surface area contributed by atoms with E-state index in [1.807, 2.05) is 36.1 Å². The number of piperidine rings is 1. The smallest absolute Gasteiger partial charge is 0.256 e. The van der Waals surface area contributed by atoms with Crippen molar-refractivity contribution in [3.05, 3.63) is 62.8 Å². The number of rotatable bonds is 3. The van der Waals surface area contributed by atoms with Crippen molar-refractivity contribution in [3.63, 3.8) is 0 Å². The number of aryl methyl sites for hydroxylation is 1. The van der Waals surface area contributed by atoms with Gasteiger partial charge in [0.2, 0.25) is 5.91 Å². The number of aromatic nitrogens is 2. The molecule has 1 saturated heterocycles. The number of benzene rings is 1. The van der Waals surface area contributed by atoms with E-state index >= 15 is 0 Å². The lowest BCUT2D eigenvalue weighted by atomic mass is 9.96. The van der Waals surface area contributed by atoms with Crippen LogP contribution in [0.1, 0.15) is 64.6 Å². The molecule has 1 saturated carbocycles. The van der Waals surface area contributed by atoms with Crippen LogP contribution in [0.15, 0.2) is 29.1 Å². The molecular formula is C24H28N4O3. The lowest BCUT2D eigenvalue weighted by Gasteiger charge is -2.33. The molecule has 1 atom stereocenters. The van der Waals surface area contributed by atoms with Crippen LogP contribution < -0.4 is 5.56 Å². The van der Waals surface area contributed by atoms with Crippen LogP contribution in [0.25, 0.3) is 0 Å². The van der Waals surface area contributed by atoms with Gasteiger partial charge in [-0.3, -0.25) is 14.4 Å². The van der Waals surface area contributed by atoms with Gasteiger partial charge >= 0.3 is 0 Å². The predicted molar refractivity (Wildman–Crippen MR) is 116 cm³/mol. The third-order valence-electron chi connectivity index (χ3n) is 6.72. The number of carbonyl (C=O) groups excluding carboxylic acids is 2. The molecule has 2 fully saturated rings. The number of carbonyl (C=O) groups is 2. The van der Waals surface area contributed by atoms with Gasteiger partial charge in [-0.2, -0.15) is 0 Å². The van der Waals surface area contributed by atoms with E-state index in [1.165, 1.54) is 0 Å². The van der Waals surface area contributed by atoms with Gasteiger partial charge < -0.3 is 14.8 Å². The minimum absolute atomic E-state index is 0.0596. The Hall–Kier alpha value is -2.96. The summed E-state index contributed by atoms with van der Waals surface area (Å²) in [5.74, 6) is 1.18. The first-order chi connectivity index (χ1) is 15.0. The monoisotopic (exact) mass is 420 g/mol. The maximum Gasteiger partial charge on any atom is 0.256 e. The van der Waals surface area contributed by atoms with Crippen molar-refractivity contribution < 1.29 is 9.59 Å². The third kappa shape index (κ3) is 4.01. The summed E-state index contributed by atoms with van der Waals surface area (Å²) in [5.41, 5.74) is 2.95. The molecule has 162 valence electrons. The standard InChI is InChI=1S/C24H28N4O3/c1-15-4-6-16(7-5-15)24(31)28-12-10-20-19(14-28)22(29)26-21(25-20)18-3-2-11-27(13-18)23(30)17-8-9-17/h4-7,17-18H,2-3,8-14H2,1H3,(H,25,26,29)/t18-/m1/s1. The molecule has 0 bridgehead atoms. The molecule has 1 N–H and O–H groups in total. The van der Waals surface area contributed by atoms with Crippen LogP contribution >= 0.6 is 0 Å². The molecule has 0 spiro atoms. The summed E-state index contributed by atoms with van der Waals surface area (Å²) in [6.07, 6.45) is 4.44. The fraction of sp³-hybridized carbons (Fsp3) is 0.500.